The maximum atomic E-state index is 6.60. The van der Waals surface area contributed by atoms with Crippen LogP contribution in [-0.2, 0) is 0 Å². The van der Waals surface area contributed by atoms with Crippen molar-refractivity contribution < 1.29 is 4.42 Å². The van der Waals surface area contributed by atoms with Gasteiger partial charge in [0.2, 0.25) is 0 Å². The second kappa shape index (κ2) is 7.59. The molecule has 0 bridgehead atoms. The fourth-order valence-electron chi connectivity index (χ4n) is 6.40. The van der Waals surface area contributed by atoms with Crippen molar-refractivity contribution in [3.8, 4) is 11.5 Å². The average Bonchev–Trinajstić information content (AvgIpc) is 3.65. The van der Waals surface area contributed by atoms with Crippen LogP contribution in [0.4, 0.5) is 0 Å². The molecule has 0 atom stereocenters. The molecule has 0 aliphatic carbocycles. The molecule has 0 aliphatic heterocycles. The lowest BCUT2D eigenvalue weighted by Crippen LogP contribution is -1.98. The molecule has 0 amide bonds. The van der Waals surface area contributed by atoms with E-state index in [2.05, 4.69) is 112 Å². The van der Waals surface area contributed by atoms with Crippen LogP contribution in [0.15, 0.2) is 132 Å². The van der Waals surface area contributed by atoms with Gasteiger partial charge in [0.25, 0.3) is 0 Å². The van der Waals surface area contributed by atoms with E-state index in [0.29, 0.717) is 0 Å². The monoisotopic (exact) mass is 499 g/mol. The Hall–Kier alpha value is -5.35. The zero-order valence-corrected chi connectivity index (χ0v) is 20.9. The average molecular weight is 500 g/mol. The molecule has 182 valence electrons. The van der Waals surface area contributed by atoms with Gasteiger partial charge < -0.3 is 8.98 Å². The van der Waals surface area contributed by atoms with Gasteiger partial charge in [0.15, 0.2) is 5.58 Å². The first-order valence-corrected chi connectivity index (χ1v) is 13.2. The van der Waals surface area contributed by atoms with E-state index in [9.17, 15) is 0 Å². The van der Waals surface area contributed by atoms with Crippen LogP contribution in [0.1, 0.15) is 0 Å². The van der Waals surface area contributed by atoms with E-state index < -0.39 is 0 Å². The Morgan fingerprint density at radius 2 is 1.18 bits per heavy atom. The summed E-state index contributed by atoms with van der Waals surface area (Å²) in [7, 11) is 0. The third-order valence-electron chi connectivity index (χ3n) is 7.97. The summed E-state index contributed by atoms with van der Waals surface area (Å²) in [5.74, 6) is 0.905. The quantitative estimate of drug-likeness (QED) is 0.238. The zero-order valence-electron chi connectivity index (χ0n) is 20.9. The highest BCUT2D eigenvalue weighted by Gasteiger charge is 2.22. The van der Waals surface area contributed by atoms with Crippen LogP contribution in [0.5, 0.6) is 0 Å². The number of rotatable bonds is 2. The number of fused-ring (bicyclic) bond motifs is 10. The standard InChI is InChI=1S/C35H21N3O/c1-4-13-27-22(10-1)24-19-20-25-23-11-3-6-17-31(23)39-35(25)34(24)38(27)30-16-9-15-29-33(30)26-12-2-5-14-28(26)37(29)32-18-7-8-21-36-32/h1-21H. The topological polar surface area (TPSA) is 35.9 Å². The maximum absolute atomic E-state index is 6.60. The molecule has 4 aromatic heterocycles. The second-order valence-corrected chi connectivity index (χ2v) is 10.0. The third-order valence-corrected chi connectivity index (χ3v) is 7.97. The van der Waals surface area contributed by atoms with E-state index in [4.69, 9.17) is 9.40 Å². The number of hydrogen-bond donors (Lipinski definition) is 0. The molecule has 5 aromatic carbocycles. The predicted molar refractivity (Wildman–Crippen MR) is 160 cm³/mol. The van der Waals surface area contributed by atoms with Crippen molar-refractivity contribution >= 4 is 65.6 Å². The number of nitrogens with zero attached hydrogens (tertiary/aromatic N) is 3. The molecular formula is C35H21N3O. The van der Waals surface area contributed by atoms with E-state index in [1.807, 2.05) is 24.4 Å². The number of benzene rings is 5. The van der Waals surface area contributed by atoms with Gasteiger partial charge in [-0.3, -0.25) is 4.57 Å². The lowest BCUT2D eigenvalue weighted by molar-refractivity contribution is 0.671. The van der Waals surface area contributed by atoms with Crippen molar-refractivity contribution in [1.29, 1.82) is 0 Å². The first-order chi connectivity index (χ1) is 19.4. The van der Waals surface area contributed by atoms with Crippen LogP contribution in [0, 0.1) is 0 Å². The van der Waals surface area contributed by atoms with Crippen LogP contribution in [-0.4, -0.2) is 14.1 Å². The van der Waals surface area contributed by atoms with Gasteiger partial charge in [-0.05, 0) is 48.5 Å². The van der Waals surface area contributed by atoms with Gasteiger partial charge in [-0.25, -0.2) is 4.98 Å². The first-order valence-electron chi connectivity index (χ1n) is 13.2. The van der Waals surface area contributed by atoms with Crippen LogP contribution in [0.25, 0.3) is 77.1 Å². The number of aromatic nitrogens is 3. The van der Waals surface area contributed by atoms with E-state index in [-0.39, 0.29) is 0 Å². The molecular weight excluding hydrogens is 478 g/mol. The predicted octanol–water partition coefficient (Wildman–Crippen LogP) is 9.18. The van der Waals surface area contributed by atoms with Crippen molar-refractivity contribution in [3.05, 3.63) is 128 Å². The smallest absolute Gasteiger partial charge is 0.160 e. The van der Waals surface area contributed by atoms with E-state index in [1.54, 1.807) is 0 Å². The first kappa shape index (κ1) is 20.7. The number of pyridine rings is 1. The van der Waals surface area contributed by atoms with Gasteiger partial charge >= 0.3 is 0 Å². The summed E-state index contributed by atoms with van der Waals surface area (Å²) in [5.41, 5.74) is 7.44. The minimum atomic E-state index is 0.904. The molecule has 0 aliphatic rings. The summed E-state index contributed by atoms with van der Waals surface area (Å²) in [5, 5.41) is 7.04. The Morgan fingerprint density at radius 1 is 0.487 bits per heavy atom. The van der Waals surface area contributed by atoms with Crippen LogP contribution >= 0.6 is 0 Å². The molecule has 0 saturated carbocycles. The summed E-state index contributed by atoms with van der Waals surface area (Å²) in [6.07, 6.45) is 1.85. The van der Waals surface area contributed by atoms with Crippen LogP contribution < -0.4 is 0 Å². The third kappa shape index (κ3) is 2.70. The van der Waals surface area contributed by atoms with E-state index in [0.717, 1.165) is 55.5 Å². The lowest BCUT2D eigenvalue weighted by atomic mass is 10.1. The van der Waals surface area contributed by atoms with Crippen molar-refractivity contribution in [3.63, 3.8) is 0 Å². The van der Waals surface area contributed by atoms with Crippen molar-refractivity contribution in [2.45, 2.75) is 0 Å². The normalized spacial score (nSPS) is 12.1. The Bertz CT molecular complexity index is 2390. The van der Waals surface area contributed by atoms with Gasteiger partial charge in [-0.2, -0.15) is 0 Å². The number of hydrogen-bond acceptors (Lipinski definition) is 2. The Labute approximate surface area is 222 Å². The number of para-hydroxylation sites is 3. The van der Waals surface area contributed by atoms with Crippen molar-refractivity contribution in [2.24, 2.45) is 0 Å². The molecule has 0 spiro atoms. The molecule has 9 rings (SSSR count). The molecule has 0 saturated heterocycles. The highest BCUT2D eigenvalue weighted by molar-refractivity contribution is 6.23. The molecule has 4 nitrogen and oxygen atoms in total. The fraction of sp³-hybridized carbons (Fsp3) is 0. The molecule has 9 aromatic rings. The van der Waals surface area contributed by atoms with Gasteiger partial charge in [0.1, 0.15) is 11.4 Å². The molecule has 0 fully saturated rings. The van der Waals surface area contributed by atoms with Gasteiger partial charge in [-0.15, -0.1) is 0 Å². The van der Waals surface area contributed by atoms with Crippen molar-refractivity contribution in [2.75, 3.05) is 0 Å². The maximum Gasteiger partial charge on any atom is 0.160 e. The molecule has 0 unspecified atom stereocenters. The van der Waals surface area contributed by atoms with Crippen LogP contribution in [0.2, 0.25) is 0 Å². The van der Waals surface area contributed by atoms with Gasteiger partial charge in [-0.1, -0.05) is 72.8 Å². The minimum absolute atomic E-state index is 0.904. The molecule has 39 heavy (non-hydrogen) atoms. The minimum Gasteiger partial charge on any atom is -0.454 e. The largest absolute Gasteiger partial charge is 0.454 e. The number of furan rings is 1. The second-order valence-electron chi connectivity index (χ2n) is 10.0. The Morgan fingerprint density at radius 3 is 2.03 bits per heavy atom. The molecule has 0 radical (unpaired) electrons. The summed E-state index contributed by atoms with van der Waals surface area (Å²) < 4.78 is 11.3. The SMILES string of the molecule is c1ccc(-n2c3ccccc3c3c(-n4c5ccccc5c5ccc6c7ccccc7oc6c54)cccc32)nc1. The van der Waals surface area contributed by atoms with Crippen molar-refractivity contribution in [1.82, 2.24) is 14.1 Å². The summed E-state index contributed by atoms with van der Waals surface area (Å²) in [4.78, 5) is 4.72. The summed E-state index contributed by atoms with van der Waals surface area (Å²) >= 11 is 0. The molecule has 0 N–H and O–H groups in total. The Kier molecular flexibility index (Phi) is 4.02. The Balaban J connectivity index is 1.52. The molecule has 4 heteroatoms. The highest BCUT2D eigenvalue weighted by atomic mass is 16.3. The summed E-state index contributed by atoms with van der Waals surface area (Å²) in [6.45, 7) is 0. The van der Waals surface area contributed by atoms with Crippen LogP contribution in [0.3, 0.4) is 0 Å². The van der Waals surface area contributed by atoms with Gasteiger partial charge in [0, 0.05) is 38.5 Å². The fourth-order valence-corrected chi connectivity index (χ4v) is 6.40. The van der Waals surface area contributed by atoms with E-state index in [1.165, 1.54) is 21.5 Å². The van der Waals surface area contributed by atoms with E-state index >= 15 is 0 Å². The van der Waals surface area contributed by atoms with Gasteiger partial charge in [0.05, 0.1) is 27.8 Å². The summed E-state index contributed by atoms with van der Waals surface area (Å²) in [6, 6.07) is 42.6. The lowest BCUT2D eigenvalue weighted by Gasteiger charge is -2.11. The highest BCUT2D eigenvalue weighted by Crippen LogP contribution is 2.43. The zero-order chi connectivity index (χ0) is 25.5. The molecule has 4 heterocycles.